The van der Waals surface area contributed by atoms with Crippen molar-refractivity contribution in [1.82, 2.24) is 30.0 Å². The summed E-state index contributed by atoms with van der Waals surface area (Å²) in [5.74, 6) is -0.237. The maximum Gasteiger partial charge on any atom is 0.259 e. The number of carbonyl (C=O) groups is 1. The van der Waals surface area contributed by atoms with Gasteiger partial charge >= 0.3 is 0 Å². The van der Waals surface area contributed by atoms with E-state index in [0.29, 0.717) is 32.8 Å². The first kappa shape index (κ1) is 20.6. The molecule has 1 saturated carbocycles. The minimum Gasteiger partial charge on any atom is -0.322 e. The van der Waals surface area contributed by atoms with E-state index < -0.39 is 5.82 Å². The number of aryl methyl sites for hydroxylation is 1. The number of carbonyl (C=O) groups excluding carboxylic acids is 1. The van der Waals surface area contributed by atoms with Crippen molar-refractivity contribution in [1.29, 1.82) is 0 Å². The molecule has 0 aliphatic heterocycles. The Bertz CT molecular complexity index is 1350. The molecule has 162 valence electrons. The first-order chi connectivity index (χ1) is 15.4. The Morgan fingerprint density at radius 3 is 2.62 bits per heavy atom. The Balaban J connectivity index is 1.48. The number of benzene rings is 2. The fourth-order valence-electron chi connectivity index (χ4n) is 3.53. The lowest BCUT2D eigenvalue weighted by atomic mass is 10.1. The molecule has 1 aliphatic rings. The van der Waals surface area contributed by atoms with E-state index in [1.807, 2.05) is 0 Å². The van der Waals surface area contributed by atoms with E-state index >= 15 is 0 Å². The van der Waals surface area contributed by atoms with Gasteiger partial charge in [-0.2, -0.15) is 9.78 Å². The highest BCUT2D eigenvalue weighted by Gasteiger charge is 2.33. The van der Waals surface area contributed by atoms with Gasteiger partial charge in [-0.3, -0.25) is 4.79 Å². The van der Waals surface area contributed by atoms with Crippen LogP contribution in [0.4, 0.5) is 10.1 Å². The highest BCUT2D eigenvalue weighted by Crippen LogP contribution is 2.43. The lowest BCUT2D eigenvalue weighted by molar-refractivity contribution is 0.102. The molecule has 4 aromatic rings. The van der Waals surface area contributed by atoms with E-state index in [9.17, 15) is 9.18 Å². The second-order valence-corrected chi connectivity index (χ2v) is 8.33. The third kappa shape index (κ3) is 3.74. The Morgan fingerprint density at radius 1 is 1.12 bits per heavy atom. The fraction of sp³-hybridized carbons (Fsp3) is 0.190. The van der Waals surface area contributed by atoms with Gasteiger partial charge in [-0.1, -0.05) is 23.2 Å². The van der Waals surface area contributed by atoms with E-state index in [0.717, 1.165) is 18.5 Å². The lowest BCUT2D eigenvalue weighted by Crippen LogP contribution is -2.15. The molecule has 0 atom stereocenters. The maximum atomic E-state index is 14.3. The monoisotopic (exact) mass is 471 g/mol. The van der Waals surface area contributed by atoms with Crippen molar-refractivity contribution in [3.63, 3.8) is 0 Å². The molecule has 1 aliphatic carbocycles. The molecule has 32 heavy (non-hydrogen) atoms. The molecule has 0 unspecified atom stereocenters. The standard InChI is InChI=1S/C21H16Cl2FN7O/c1-11-27-28-29-30(11)19-9-14(5-6-17(19)24)26-21(32)15-10-25-31(20(15)12-2-3-12)18-7-4-13(22)8-16(18)23/h4-10,12H,2-3H2,1H3,(H,26,32). The maximum absolute atomic E-state index is 14.3. The van der Waals surface area contributed by atoms with Crippen molar-refractivity contribution in [2.24, 2.45) is 0 Å². The number of hydrogen-bond donors (Lipinski definition) is 1. The normalized spacial score (nSPS) is 13.4. The zero-order valence-electron chi connectivity index (χ0n) is 16.8. The van der Waals surface area contributed by atoms with E-state index in [-0.39, 0.29) is 17.5 Å². The van der Waals surface area contributed by atoms with Gasteiger partial charge in [-0.25, -0.2) is 9.07 Å². The van der Waals surface area contributed by atoms with Crippen molar-refractivity contribution in [3.8, 4) is 11.4 Å². The van der Waals surface area contributed by atoms with Gasteiger partial charge in [-0.15, -0.1) is 5.10 Å². The Labute approximate surface area is 191 Å². The van der Waals surface area contributed by atoms with E-state index in [1.165, 1.54) is 29.1 Å². The second kappa shape index (κ2) is 7.99. The summed E-state index contributed by atoms with van der Waals surface area (Å²) in [7, 11) is 0. The van der Waals surface area contributed by atoms with Crippen LogP contribution in [0.1, 0.15) is 40.6 Å². The lowest BCUT2D eigenvalue weighted by Gasteiger charge is -2.12. The largest absolute Gasteiger partial charge is 0.322 e. The highest BCUT2D eigenvalue weighted by molar-refractivity contribution is 6.35. The number of hydrogen-bond acceptors (Lipinski definition) is 5. The molecule has 1 N–H and O–H groups in total. The van der Waals surface area contributed by atoms with Crippen LogP contribution >= 0.6 is 23.2 Å². The molecule has 1 amide bonds. The summed E-state index contributed by atoms with van der Waals surface area (Å²) >= 11 is 12.4. The molecule has 2 aromatic heterocycles. The summed E-state index contributed by atoms with van der Waals surface area (Å²) in [6, 6.07) is 9.35. The number of nitrogens with zero attached hydrogens (tertiary/aromatic N) is 6. The Morgan fingerprint density at radius 2 is 1.94 bits per heavy atom. The molecule has 0 saturated heterocycles. The number of anilines is 1. The van der Waals surface area contributed by atoms with Crippen LogP contribution in [0.5, 0.6) is 0 Å². The van der Waals surface area contributed by atoms with Crippen molar-refractivity contribution in [2.45, 2.75) is 25.7 Å². The minimum atomic E-state index is -0.512. The minimum absolute atomic E-state index is 0.136. The molecule has 2 aromatic carbocycles. The first-order valence-corrected chi connectivity index (χ1v) is 10.6. The number of amides is 1. The van der Waals surface area contributed by atoms with Crippen molar-refractivity contribution < 1.29 is 9.18 Å². The van der Waals surface area contributed by atoms with Gasteiger partial charge in [0, 0.05) is 16.6 Å². The molecule has 0 bridgehead atoms. The number of aromatic nitrogens is 6. The average molecular weight is 472 g/mol. The van der Waals surface area contributed by atoms with Crippen LogP contribution in [-0.2, 0) is 0 Å². The summed E-state index contributed by atoms with van der Waals surface area (Å²) in [5.41, 5.74) is 2.40. The molecular weight excluding hydrogens is 456 g/mol. The van der Waals surface area contributed by atoms with Gasteiger partial charge in [0.1, 0.15) is 11.5 Å². The van der Waals surface area contributed by atoms with E-state index in [2.05, 4.69) is 25.9 Å². The summed E-state index contributed by atoms with van der Waals surface area (Å²) in [6.07, 6.45) is 3.43. The van der Waals surface area contributed by atoms with Crippen LogP contribution in [0.25, 0.3) is 11.4 Å². The molecule has 11 heteroatoms. The number of tetrazole rings is 1. The molecular formula is C21H16Cl2FN7O. The smallest absolute Gasteiger partial charge is 0.259 e. The average Bonchev–Trinajstić information content (AvgIpc) is 3.36. The zero-order chi connectivity index (χ0) is 22.4. The number of halogens is 3. The zero-order valence-corrected chi connectivity index (χ0v) is 18.3. The fourth-order valence-corrected chi connectivity index (χ4v) is 4.02. The third-order valence-electron chi connectivity index (χ3n) is 5.21. The summed E-state index contributed by atoms with van der Waals surface area (Å²) in [5, 5.41) is 19.3. The second-order valence-electron chi connectivity index (χ2n) is 7.48. The topological polar surface area (TPSA) is 90.5 Å². The highest BCUT2D eigenvalue weighted by atomic mass is 35.5. The molecule has 0 radical (unpaired) electrons. The predicted molar refractivity (Wildman–Crippen MR) is 117 cm³/mol. The third-order valence-corrected chi connectivity index (χ3v) is 5.75. The van der Waals surface area contributed by atoms with Gasteiger partial charge in [-0.05, 0) is 66.6 Å². The molecule has 0 spiro atoms. The SMILES string of the molecule is Cc1nnnn1-c1cc(NC(=O)c2cnn(-c3ccc(Cl)cc3Cl)c2C2CC2)ccc1F. The summed E-state index contributed by atoms with van der Waals surface area (Å²) in [4.78, 5) is 13.1. The summed E-state index contributed by atoms with van der Waals surface area (Å²) < 4.78 is 17.3. The predicted octanol–water partition coefficient (Wildman–Crippen LogP) is 4.73. The van der Waals surface area contributed by atoms with Crippen LogP contribution in [-0.4, -0.2) is 35.9 Å². The van der Waals surface area contributed by atoms with Crippen LogP contribution < -0.4 is 5.32 Å². The van der Waals surface area contributed by atoms with Gasteiger partial charge in [0.15, 0.2) is 5.82 Å². The van der Waals surface area contributed by atoms with E-state index in [1.54, 1.807) is 29.8 Å². The van der Waals surface area contributed by atoms with Gasteiger partial charge in [0.05, 0.1) is 28.2 Å². The molecule has 5 rings (SSSR count). The number of rotatable bonds is 5. The quantitative estimate of drug-likeness (QED) is 0.454. The van der Waals surface area contributed by atoms with Crippen LogP contribution in [0.15, 0.2) is 42.6 Å². The van der Waals surface area contributed by atoms with E-state index in [4.69, 9.17) is 23.2 Å². The van der Waals surface area contributed by atoms with Crippen molar-refractivity contribution >= 4 is 34.8 Å². The van der Waals surface area contributed by atoms with Gasteiger partial charge < -0.3 is 5.32 Å². The van der Waals surface area contributed by atoms with Crippen LogP contribution in [0.3, 0.4) is 0 Å². The molecule has 2 heterocycles. The summed E-state index contributed by atoms with van der Waals surface area (Å²) in [6.45, 7) is 1.66. The van der Waals surface area contributed by atoms with Crippen molar-refractivity contribution in [3.05, 3.63) is 75.5 Å². The first-order valence-electron chi connectivity index (χ1n) is 9.82. The van der Waals surface area contributed by atoms with Gasteiger partial charge in [0.25, 0.3) is 5.91 Å². The Kier molecular flexibility index (Phi) is 5.15. The molecule has 8 nitrogen and oxygen atoms in total. The van der Waals surface area contributed by atoms with Crippen LogP contribution in [0.2, 0.25) is 10.0 Å². The molecule has 1 fully saturated rings. The van der Waals surface area contributed by atoms with Gasteiger partial charge in [0.2, 0.25) is 0 Å². The Hall–Kier alpha value is -3.30. The number of nitrogens with one attached hydrogen (secondary N) is 1. The van der Waals surface area contributed by atoms with Crippen LogP contribution in [0, 0.1) is 12.7 Å². The van der Waals surface area contributed by atoms with Crippen molar-refractivity contribution in [2.75, 3.05) is 5.32 Å².